The molecule has 1 aromatic heterocycles. The van der Waals surface area contributed by atoms with Crippen molar-refractivity contribution in [3.8, 4) is 0 Å². The zero-order valence-corrected chi connectivity index (χ0v) is 13.9. The van der Waals surface area contributed by atoms with E-state index in [4.69, 9.17) is 0 Å². The molecule has 2 heterocycles. The number of nitrogens with zero attached hydrogens (tertiary/aromatic N) is 3. The van der Waals surface area contributed by atoms with Crippen LogP contribution >= 0.6 is 0 Å². The molecule has 24 heavy (non-hydrogen) atoms. The lowest BCUT2D eigenvalue weighted by Gasteiger charge is -2.34. The lowest BCUT2D eigenvalue weighted by atomic mass is 10.1. The Labute approximate surface area is 140 Å². The van der Waals surface area contributed by atoms with E-state index in [1.165, 1.54) is 6.20 Å². The number of piperazine rings is 1. The second kappa shape index (κ2) is 6.84. The molecule has 2 aromatic rings. The Morgan fingerprint density at radius 2 is 2.00 bits per heavy atom. The number of amides is 1. The second-order valence-corrected chi connectivity index (χ2v) is 6.12. The van der Waals surface area contributed by atoms with E-state index in [1.807, 2.05) is 19.1 Å². The van der Waals surface area contributed by atoms with Gasteiger partial charge in [0.2, 0.25) is 0 Å². The van der Waals surface area contributed by atoms with E-state index in [9.17, 15) is 9.59 Å². The van der Waals surface area contributed by atoms with Crippen molar-refractivity contribution in [1.29, 1.82) is 0 Å². The summed E-state index contributed by atoms with van der Waals surface area (Å²) in [5.74, 6) is -0.251. The molecule has 0 spiro atoms. The van der Waals surface area contributed by atoms with Crippen molar-refractivity contribution in [2.24, 2.45) is 0 Å². The smallest absolute Gasteiger partial charge is 0.255 e. The van der Waals surface area contributed by atoms with Crippen molar-refractivity contribution in [3.63, 3.8) is 0 Å². The van der Waals surface area contributed by atoms with Crippen LogP contribution in [0, 0.1) is 6.92 Å². The molecule has 7 nitrogen and oxygen atoms in total. The topological polar surface area (TPSA) is 81.3 Å². The number of anilines is 2. The Morgan fingerprint density at radius 1 is 1.25 bits per heavy atom. The number of aldehydes is 1. The van der Waals surface area contributed by atoms with Crippen LogP contribution in [0.4, 0.5) is 11.4 Å². The molecule has 7 heteroatoms. The van der Waals surface area contributed by atoms with Gasteiger partial charge >= 0.3 is 0 Å². The number of carbonyl (C=O) groups excluding carboxylic acids is 2. The standard InChI is InChI=1S/C17H21N5O2/c1-12-7-13(17(24)19-15-10-18-20-16(15)11-23)9-14(8-12)22-5-3-21(2)4-6-22/h7-11H,3-6H2,1-2H3,(H,18,20)(H,19,24). The number of likely N-dealkylation sites (N-methyl/N-ethyl adjacent to an activating group) is 1. The van der Waals surface area contributed by atoms with Gasteiger partial charge in [-0.1, -0.05) is 0 Å². The molecule has 1 aliphatic heterocycles. The fourth-order valence-corrected chi connectivity index (χ4v) is 2.82. The van der Waals surface area contributed by atoms with Gasteiger partial charge in [-0.15, -0.1) is 0 Å². The SMILES string of the molecule is Cc1cc(C(=O)Nc2cn[nH]c2C=O)cc(N2CCN(C)CC2)c1. The minimum atomic E-state index is -0.251. The Hall–Kier alpha value is -2.67. The van der Waals surface area contributed by atoms with Gasteiger partial charge in [0.15, 0.2) is 6.29 Å². The van der Waals surface area contributed by atoms with Crippen molar-refractivity contribution in [3.05, 3.63) is 41.2 Å². The van der Waals surface area contributed by atoms with Crippen molar-refractivity contribution in [1.82, 2.24) is 15.1 Å². The highest BCUT2D eigenvalue weighted by molar-refractivity contribution is 6.06. The number of rotatable bonds is 4. The third-order valence-corrected chi connectivity index (χ3v) is 4.23. The summed E-state index contributed by atoms with van der Waals surface area (Å²) in [6, 6.07) is 5.83. The van der Waals surface area contributed by atoms with Crippen LogP contribution < -0.4 is 10.2 Å². The Morgan fingerprint density at radius 3 is 2.71 bits per heavy atom. The van der Waals surface area contributed by atoms with Gasteiger partial charge in [-0.3, -0.25) is 14.7 Å². The molecule has 0 bridgehead atoms. The molecule has 126 valence electrons. The van der Waals surface area contributed by atoms with Gasteiger partial charge in [-0.25, -0.2) is 0 Å². The van der Waals surface area contributed by atoms with E-state index in [0.29, 0.717) is 17.5 Å². The minimum Gasteiger partial charge on any atom is -0.369 e. The number of nitrogens with one attached hydrogen (secondary N) is 2. The van der Waals surface area contributed by atoms with Crippen LogP contribution in [-0.2, 0) is 0 Å². The van der Waals surface area contributed by atoms with E-state index in [-0.39, 0.29) is 11.6 Å². The predicted octanol–water partition coefficient (Wildman–Crippen LogP) is 1.53. The molecule has 3 rings (SSSR count). The zero-order chi connectivity index (χ0) is 17.1. The fourth-order valence-electron chi connectivity index (χ4n) is 2.82. The number of carbonyl (C=O) groups is 2. The lowest BCUT2D eigenvalue weighted by Crippen LogP contribution is -2.44. The van der Waals surface area contributed by atoms with E-state index >= 15 is 0 Å². The first kappa shape index (κ1) is 16.2. The van der Waals surface area contributed by atoms with Gasteiger partial charge in [-0.2, -0.15) is 5.10 Å². The molecular formula is C17H21N5O2. The first-order chi connectivity index (χ1) is 11.6. The Kier molecular flexibility index (Phi) is 4.61. The van der Waals surface area contributed by atoms with E-state index in [2.05, 4.69) is 38.4 Å². The van der Waals surface area contributed by atoms with Gasteiger partial charge in [0, 0.05) is 37.4 Å². The maximum Gasteiger partial charge on any atom is 0.255 e. The largest absolute Gasteiger partial charge is 0.369 e. The molecule has 1 aliphatic rings. The van der Waals surface area contributed by atoms with Crippen molar-refractivity contribution in [2.45, 2.75) is 6.92 Å². The lowest BCUT2D eigenvalue weighted by molar-refractivity contribution is 0.102. The molecule has 2 N–H and O–H groups in total. The third-order valence-electron chi connectivity index (χ3n) is 4.23. The van der Waals surface area contributed by atoms with E-state index in [1.54, 1.807) is 0 Å². The Bertz CT molecular complexity index is 747. The monoisotopic (exact) mass is 327 g/mol. The number of hydrogen-bond donors (Lipinski definition) is 2. The molecule has 0 radical (unpaired) electrons. The minimum absolute atomic E-state index is 0.251. The van der Waals surface area contributed by atoms with Crippen LogP contribution in [-0.4, -0.2) is 60.5 Å². The quantitative estimate of drug-likeness (QED) is 0.833. The predicted molar refractivity (Wildman–Crippen MR) is 92.8 cm³/mol. The first-order valence-corrected chi connectivity index (χ1v) is 7.92. The normalized spacial score (nSPS) is 15.3. The zero-order valence-electron chi connectivity index (χ0n) is 13.9. The maximum absolute atomic E-state index is 12.5. The highest BCUT2D eigenvalue weighted by atomic mass is 16.1. The maximum atomic E-state index is 12.5. The summed E-state index contributed by atoms with van der Waals surface area (Å²) in [4.78, 5) is 28.0. The first-order valence-electron chi connectivity index (χ1n) is 7.92. The van der Waals surface area contributed by atoms with Crippen molar-refractivity contribution in [2.75, 3.05) is 43.4 Å². The highest BCUT2D eigenvalue weighted by Crippen LogP contribution is 2.21. The van der Waals surface area contributed by atoms with Crippen LogP contribution in [0.5, 0.6) is 0 Å². The fraction of sp³-hybridized carbons (Fsp3) is 0.353. The number of hydrogen-bond acceptors (Lipinski definition) is 5. The number of benzene rings is 1. The average molecular weight is 327 g/mol. The van der Waals surface area contributed by atoms with Crippen LogP contribution in [0.15, 0.2) is 24.4 Å². The molecule has 0 unspecified atom stereocenters. The van der Waals surface area contributed by atoms with Crippen LogP contribution in [0.1, 0.15) is 26.4 Å². The summed E-state index contributed by atoms with van der Waals surface area (Å²) in [5.41, 5.74) is 3.30. The summed E-state index contributed by atoms with van der Waals surface area (Å²) >= 11 is 0. The van der Waals surface area contributed by atoms with Gasteiger partial charge in [-0.05, 0) is 37.7 Å². The van der Waals surface area contributed by atoms with E-state index in [0.717, 1.165) is 37.4 Å². The average Bonchev–Trinajstić information content (AvgIpc) is 3.02. The molecule has 1 aromatic carbocycles. The number of aromatic nitrogens is 2. The third kappa shape index (κ3) is 3.46. The molecule has 1 saturated heterocycles. The molecule has 0 saturated carbocycles. The second-order valence-electron chi connectivity index (χ2n) is 6.12. The molecular weight excluding hydrogens is 306 g/mol. The summed E-state index contributed by atoms with van der Waals surface area (Å²) in [5, 5.41) is 9.05. The van der Waals surface area contributed by atoms with E-state index < -0.39 is 0 Å². The van der Waals surface area contributed by atoms with Gasteiger partial charge in [0.25, 0.3) is 5.91 Å². The summed E-state index contributed by atoms with van der Waals surface area (Å²) in [6.07, 6.45) is 2.06. The summed E-state index contributed by atoms with van der Waals surface area (Å²) in [6.45, 7) is 5.88. The van der Waals surface area contributed by atoms with Crippen LogP contribution in [0.3, 0.4) is 0 Å². The summed E-state index contributed by atoms with van der Waals surface area (Å²) in [7, 11) is 2.11. The van der Waals surface area contributed by atoms with Crippen molar-refractivity contribution < 1.29 is 9.59 Å². The molecule has 0 aliphatic carbocycles. The highest BCUT2D eigenvalue weighted by Gasteiger charge is 2.17. The number of aryl methyl sites for hydroxylation is 1. The van der Waals surface area contributed by atoms with Gasteiger partial charge in [0.05, 0.1) is 11.9 Å². The van der Waals surface area contributed by atoms with Crippen molar-refractivity contribution >= 4 is 23.6 Å². The molecule has 1 fully saturated rings. The molecule has 1 amide bonds. The summed E-state index contributed by atoms with van der Waals surface area (Å²) < 4.78 is 0. The Balaban J connectivity index is 1.80. The number of aromatic amines is 1. The van der Waals surface area contributed by atoms with Crippen LogP contribution in [0.2, 0.25) is 0 Å². The van der Waals surface area contributed by atoms with Gasteiger partial charge in [0.1, 0.15) is 5.69 Å². The van der Waals surface area contributed by atoms with Crippen LogP contribution in [0.25, 0.3) is 0 Å². The number of H-pyrrole nitrogens is 1. The van der Waals surface area contributed by atoms with Gasteiger partial charge < -0.3 is 15.1 Å². The molecule has 0 atom stereocenters.